The lowest BCUT2D eigenvalue weighted by molar-refractivity contribution is 0.485. The molecule has 0 aromatic carbocycles. The van der Waals surface area contributed by atoms with Crippen LogP contribution in [0.2, 0.25) is 0 Å². The van der Waals surface area contributed by atoms with E-state index in [1.165, 1.54) is 6.07 Å². The second kappa shape index (κ2) is 2.85. The summed E-state index contributed by atoms with van der Waals surface area (Å²) < 4.78 is 30.4. The molecule has 0 aliphatic heterocycles. The Labute approximate surface area is 76.9 Å². The summed E-state index contributed by atoms with van der Waals surface area (Å²) in [6.07, 6.45) is 0. The van der Waals surface area contributed by atoms with E-state index in [1.54, 1.807) is 6.92 Å². The van der Waals surface area contributed by atoms with Crippen LogP contribution in [0.5, 0.6) is 0 Å². The molecule has 0 aliphatic carbocycles. The van der Waals surface area contributed by atoms with Crippen LogP contribution in [0.4, 0.5) is 0 Å². The van der Waals surface area contributed by atoms with Crippen molar-refractivity contribution in [3.05, 3.63) is 15.4 Å². The standard InChI is InChI=1S/C5H5BrO3S2/c1-3-4(6)2-5(10-3)11(7,8)9/h2H,1H3,(H,7,8,9). The highest BCUT2D eigenvalue weighted by molar-refractivity contribution is 9.10. The number of halogens is 1. The average Bonchev–Trinajstić information content (AvgIpc) is 2.11. The number of rotatable bonds is 1. The normalized spacial score (nSPS) is 11.9. The Bertz CT molecular complexity index is 346. The van der Waals surface area contributed by atoms with Crippen LogP contribution in [0.25, 0.3) is 0 Å². The van der Waals surface area contributed by atoms with Crippen molar-refractivity contribution in [1.82, 2.24) is 0 Å². The van der Waals surface area contributed by atoms with E-state index in [4.69, 9.17) is 4.55 Å². The van der Waals surface area contributed by atoms with E-state index >= 15 is 0 Å². The van der Waals surface area contributed by atoms with Crippen molar-refractivity contribution in [2.24, 2.45) is 0 Å². The first kappa shape index (κ1) is 9.18. The second-order valence-electron chi connectivity index (χ2n) is 1.94. The fourth-order valence-electron chi connectivity index (χ4n) is 0.561. The molecule has 11 heavy (non-hydrogen) atoms. The Balaban J connectivity index is 3.29. The van der Waals surface area contributed by atoms with Crippen LogP contribution in [0, 0.1) is 6.92 Å². The summed E-state index contributed by atoms with van der Waals surface area (Å²) in [6, 6.07) is 1.38. The molecule has 6 heteroatoms. The van der Waals surface area contributed by atoms with Crippen molar-refractivity contribution < 1.29 is 13.0 Å². The zero-order valence-corrected chi connectivity index (χ0v) is 8.75. The van der Waals surface area contributed by atoms with Crippen LogP contribution in [0.15, 0.2) is 14.7 Å². The minimum absolute atomic E-state index is 0.0260. The number of aryl methyl sites for hydroxylation is 1. The zero-order valence-electron chi connectivity index (χ0n) is 5.54. The van der Waals surface area contributed by atoms with Gasteiger partial charge in [-0.1, -0.05) is 0 Å². The topological polar surface area (TPSA) is 54.4 Å². The summed E-state index contributed by atoms with van der Waals surface area (Å²) in [5.74, 6) is 0. The van der Waals surface area contributed by atoms with Gasteiger partial charge in [-0.3, -0.25) is 4.55 Å². The lowest BCUT2D eigenvalue weighted by atomic mass is 10.5. The molecule has 0 spiro atoms. The first-order valence-corrected chi connectivity index (χ1v) is 5.69. The molecule has 0 amide bonds. The van der Waals surface area contributed by atoms with Gasteiger partial charge in [0, 0.05) is 9.35 Å². The van der Waals surface area contributed by atoms with E-state index in [0.29, 0.717) is 4.47 Å². The van der Waals surface area contributed by atoms with Crippen LogP contribution in [0.3, 0.4) is 0 Å². The number of thiophene rings is 1. The van der Waals surface area contributed by atoms with Crippen LogP contribution in [-0.4, -0.2) is 13.0 Å². The monoisotopic (exact) mass is 256 g/mol. The van der Waals surface area contributed by atoms with Gasteiger partial charge in [0.1, 0.15) is 4.21 Å². The van der Waals surface area contributed by atoms with Crippen molar-refractivity contribution >= 4 is 37.4 Å². The Kier molecular flexibility index (Phi) is 2.38. The molecule has 1 N–H and O–H groups in total. The maximum Gasteiger partial charge on any atom is 0.304 e. The molecule has 0 radical (unpaired) electrons. The summed E-state index contributed by atoms with van der Waals surface area (Å²) in [6.45, 7) is 1.77. The third-order valence-electron chi connectivity index (χ3n) is 1.09. The molecule has 0 saturated heterocycles. The molecular formula is C5H5BrO3S2. The van der Waals surface area contributed by atoms with Gasteiger partial charge in [-0.05, 0) is 28.9 Å². The van der Waals surface area contributed by atoms with Crippen molar-refractivity contribution in [3.8, 4) is 0 Å². The molecule has 0 aliphatic rings. The lowest BCUT2D eigenvalue weighted by Crippen LogP contribution is -1.93. The minimum Gasteiger partial charge on any atom is -0.281 e. The van der Waals surface area contributed by atoms with Gasteiger partial charge in [0.05, 0.1) is 0 Å². The van der Waals surface area contributed by atoms with Crippen molar-refractivity contribution in [1.29, 1.82) is 0 Å². The van der Waals surface area contributed by atoms with E-state index in [2.05, 4.69) is 15.9 Å². The van der Waals surface area contributed by atoms with Crippen LogP contribution < -0.4 is 0 Å². The first-order chi connectivity index (χ1) is 4.91. The van der Waals surface area contributed by atoms with Gasteiger partial charge in [0.2, 0.25) is 0 Å². The van der Waals surface area contributed by atoms with Crippen LogP contribution in [-0.2, 0) is 10.1 Å². The summed E-state index contributed by atoms with van der Waals surface area (Å²) in [5.41, 5.74) is 0. The summed E-state index contributed by atoms with van der Waals surface area (Å²) in [4.78, 5) is 0.831. The molecule has 1 heterocycles. The summed E-state index contributed by atoms with van der Waals surface area (Å²) in [5, 5.41) is 0. The largest absolute Gasteiger partial charge is 0.304 e. The van der Waals surface area contributed by atoms with Gasteiger partial charge in [-0.15, -0.1) is 11.3 Å². The average molecular weight is 257 g/mol. The molecule has 0 saturated carbocycles. The summed E-state index contributed by atoms with van der Waals surface area (Å²) in [7, 11) is -4.02. The SMILES string of the molecule is Cc1sc(S(=O)(=O)O)cc1Br. The van der Waals surface area contributed by atoms with Crippen molar-refractivity contribution in [2.45, 2.75) is 11.1 Å². The molecule has 0 unspecified atom stereocenters. The minimum atomic E-state index is -4.02. The Morgan fingerprint density at radius 2 is 2.18 bits per heavy atom. The fourth-order valence-corrected chi connectivity index (χ4v) is 3.03. The van der Waals surface area contributed by atoms with Gasteiger partial charge < -0.3 is 0 Å². The molecule has 0 fully saturated rings. The molecule has 62 valence electrons. The van der Waals surface area contributed by atoms with Gasteiger partial charge in [0.15, 0.2) is 0 Å². The summed E-state index contributed by atoms with van der Waals surface area (Å²) >= 11 is 4.18. The van der Waals surface area contributed by atoms with Crippen molar-refractivity contribution in [3.63, 3.8) is 0 Å². The van der Waals surface area contributed by atoms with Crippen LogP contribution >= 0.6 is 27.3 Å². The lowest BCUT2D eigenvalue weighted by Gasteiger charge is -1.85. The predicted octanol–water partition coefficient (Wildman–Crippen LogP) is 2.07. The van der Waals surface area contributed by atoms with Gasteiger partial charge in [0.25, 0.3) is 0 Å². The fraction of sp³-hybridized carbons (Fsp3) is 0.200. The quantitative estimate of drug-likeness (QED) is 0.783. The number of hydrogen-bond acceptors (Lipinski definition) is 3. The second-order valence-corrected chi connectivity index (χ2v) is 5.70. The first-order valence-electron chi connectivity index (χ1n) is 2.64. The third-order valence-corrected chi connectivity index (χ3v) is 4.53. The van der Waals surface area contributed by atoms with Gasteiger partial charge in [-0.25, -0.2) is 0 Å². The Morgan fingerprint density at radius 3 is 2.36 bits per heavy atom. The maximum absolute atomic E-state index is 10.5. The van der Waals surface area contributed by atoms with E-state index in [0.717, 1.165) is 16.2 Å². The highest BCUT2D eigenvalue weighted by Crippen LogP contribution is 2.29. The smallest absolute Gasteiger partial charge is 0.281 e. The molecule has 0 atom stereocenters. The highest BCUT2D eigenvalue weighted by atomic mass is 79.9. The molecule has 3 nitrogen and oxygen atoms in total. The van der Waals surface area contributed by atoms with E-state index in [9.17, 15) is 8.42 Å². The molecule has 1 rings (SSSR count). The van der Waals surface area contributed by atoms with E-state index in [-0.39, 0.29) is 4.21 Å². The Hall–Kier alpha value is 0.0900. The Morgan fingerprint density at radius 1 is 1.64 bits per heavy atom. The highest BCUT2D eigenvalue weighted by Gasteiger charge is 2.13. The van der Waals surface area contributed by atoms with E-state index in [1.807, 2.05) is 0 Å². The van der Waals surface area contributed by atoms with E-state index < -0.39 is 10.1 Å². The van der Waals surface area contributed by atoms with Gasteiger partial charge in [-0.2, -0.15) is 8.42 Å². The van der Waals surface area contributed by atoms with Gasteiger partial charge >= 0.3 is 10.1 Å². The predicted molar refractivity (Wildman–Crippen MR) is 46.6 cm³/mol. The number of hydrogen-bond donors (Lipinski definition) is 1. The maximum atomic E-state index is 10.5. The molecule has 0 bridgehead atoms. The molecule has 1 aromatic heterocycles. The molecule has 1 aromatic rings. The third kappa shape index (κ3) is 2.02. The van der Waals surface area contributed by atoms with Crippen LogP contribution in [0.1, 0.15) is 4.88 Å². The zero-order chi connectivity index (χ0) is 8.65. The molecular weight excluding hydrogens is 252 g/mol. The van der Waals surface area contributed by atoms with Crippen molar-refractivity contribution in [2.75, 3.05) is 0 Å².